The zero-order valence-corrected chi connectivity index (χ0v) is 20.5. The summed E-state index contributed by atoms with van der Waals surface area (Å²) in [7, 11) is -10.1. The molecular formula is C20H18ClF9N4O3S. The molecule has 0 spiro atoms. The normalized spacial score (nSPS) is 22.2. The second kappa shape index (κ2) is 9.15. The van der Waals surface area contributed by atoms with Crippen molar-refractivity contribution >= 4 is 39.3 Å². The van der Waals surface area contributed by atoms with Gasteiger partial charge in [-0.1, -0.05) is 31.0 Å². The van der Waals surface area contributed by atoms with E-state index in [1.807, 2.05) is 0 Å². The second-order valence-electron chi connectivity index (χ2n) is 8.46. The number of nitrogens with one attached hydrogen (secondary N) is 1. The lowest BCUT2D eigenvalue weighted by Crippen LogP contribution is -2.61. The topological polar surface area (TPSA) is 84.4 Å². The van der Waals surface area contributed by atoms with E-state index in [1.54, 1.807) is 0 Å². The van der Waals surface area contributed by atoms with Gasteiger partial charge in [0.25, 0.3) is 17.4 Å². The minimum Gasteiger partial charge on any atom is -0.351 e. The Morgan fingerprint density at radius 2 is 1.61 bits per heavy atom. The lowest BCUT2D eigenvalue weighted by atomic mass is 9.85. The van der Waals surface area contributed by atoms with E-state index in [9.17, 15) is 46.6 Å². The summed E-state index contributed by atoms with van der Waals surface area (Å²) >= 11 is 5.31. The molecule has 3 rings (SSSR count). The summed E-state index contributed by atoms with van der Waals surface area (Å²) in [5, 5.41) is 2.37. The number of amides is 2. The number of benzene rings is 1. The Kier molecular flexibility index (Phi) is 7.17. The van der Waals surface area contributed by atoms with Crippen molar-refractivity contribution in [3.63, 3.8) is 0 Å². The Hall–Kier alpha value is -2.79. The third-order valence-corrected chi connectivity index (χ3v) is 7.04. The molecule has 0 unspecified atom stereocenters. The SMILES string of the molecule is C[C@@](C(=O)NC1CC(OC(F)(F)F)C1)(c1cncnc1)N(C(=O)[C@H](F)Cl)c1ccc(S(F)(F)(F)(F)F)cc1. The number of nitrogens with zero attached hydrogens (tertiary/aromatic N) is 3. The van der Waals surface area contributed by atoms with Crippen LogP contribution in [0.1, 0.15) is 25.3 Å². The van der Waals surface area contributed by atoms with Crippen LogP contribution in [0.4, 0.5) is 42.7 Å². The number of carbonyl (C=O) groups is 2. The van der Waals surface area contributed by atoms with Gasteiger partial charge in [0.2, 0.25) is 0 Å². The Morgan fingerprint density at radius 1 is 1.08 bits per heavy atom. The monoisotopic (exact) mass is 600 g/mol. The number of halogens is 10. The molecule has 2 amide bonds. The number of rotatable bonds is 8. The fourth-order valence-electron chi connectivity index (χ4n) is 3.76. The van der Waals surface area contributed by atoms with Crippen LogP contribution in [0, 0.1) is 0 Å². The van der Waals surface area contributed by atoms with Crippen LogP contribution in [0.3, 0.4) is 0 Å². The molecule has 1 N–H and O–H groups in total. The first kappa shape index (κ1) is 29.8. The first-order valence-corrected chi connectivity index (χ1v) is 12.8. The highest BCUT2D eigenvalue weighted by molar-refractivity contribution is 8.45. The molecule has 18 heteroatoms. The largest absolute Gasteiger partial charge is 0.522 e. The van der Waals surface area contributed by atoms with Gasteiger partial charge in [-0.25, -0.2) is 14.4 Å². The lowest BCUT2D eigenvalue weighted by Gasteiger charge is -2.43. The van der Waals surface area contributed by atoms with Gasteiger partial charge in [0.05, 0.1) is 6.10 Å². The van der Waals surface area contributed by atoms with Crippen molar-refractivity contribution in [2.75, 3.05) is 4.90 Å². The molecule has 7 nitrogen and oxygen atoms in total. The van der Waals surface area contributed by atoms with Gasteiger partial charge in [0.15, 0.2) is 5.54 Å². The standard InChI is InChI=1S/C20H18ClF9N4O3S/c1-19(11-8-31-10-32-9-11,18(36)33-12-6-14(7-12)37-20(23,24)25)34(17(35)16(21)22)13-2-4-15(5-3-13)38(26,27,28,29)30/h2-5,8-10,12,14,16H,6-7H2,1H3,(H,33,36)/t12?,14?,16-,19-/m0/s1. The van der Waals surface area contributed by atoms with E-state index in [0.717, 1.165) is 25.6 Å². The van der Waals surface area contributed by atoms with Crippen molar-refractivity contribution in [1.82, 2.24) is 15.3 Å². The average molecular weight is 601 g/mol. The maximum atomic E-state index is 14.1. The highest BCUT2D eigenvalue weighted by Gasteiger charge is 2.65. The number of carbonyl (C=O) groups excluding carboxylic acids is 2. The maximum Gasteiger partial charge on any atom is 0.522 e. The van der Waals surface area contributed by atoms with Crippen molar-refractivity contribution in [3.05, 3.63) is 48.5 Å². The molecule has 0 radical (unpaired) electrons. The average Bonchev–Trinajstić information content (AvgIpc) is 2.76. The Balaban J connectivity index is 2.04. The molecule has 212 valence electrons. The number of alkyl halides is 5. The molecule has 1 aromatic carbocycles. The molecule has 0 aliphatic heterocycles. The van der Waals surface area contributed by atoms with E-state index in [2.05, 4.69) is 20.0 Å². The molecule has 1 heterocycles. The van der Waals surface area contributed by atoms with Gasteiger partial charge < -0.3 is 5.32 Å². The van der Waals surface area contributed by atoms with E-state index in [1.165, 1.54) is 0 Å². The molecule has 1 aromatic heterocycles. The predicted molar refractivity (Wildman–Crippen MR) is 118 cm³/mol. The minimum atomic E-state index is -10.1. The van der Waals surface area contributed by atoms with Crippen LogP contribution >= 0.6 is 21.8 Å². The van der Waals surface area contributed by atoms with E-state index >= 15 is 0 Å². The van der Waals surface area contributed by atoms with Gasteiger partial charge in [-0.3, -0.25) is 19.2 Å². The summed E-state index contributed by atoms with van der Waals surface area (Å²) in [6, 6.07) is -0.178. The molecule has 0 bridgehead atoms. The molecule has 2 aromatic rings. The van der Waals surface area contributed by atoms with Crippen LogP contribution in [0.2, 0.25) is 0 Å². The molecule has 38 heavy (non-hydrogen) atoms. The quantitative estimate of drug-likeness (QED) is 0.292. The van der Waals surface area contributed by atoms with E-state index in [-0.39, 0.29) is 30.5 Å². The van der Waals surface area contributed by atoms with E-state index < -0.39 is 62.3 Å². The Bertz CT molecular complexity index is 1200. The van der Waals surface area contributed by atoms with Gasteiger partial charge in [-0.05, 0) is 44.0 Å². The molecule has 1 aliphatic carbocycles. The van der Waals surface area contributed by atoms with Crippen LogP contribution in [-0.4, -0.2) is 45.9 Å². The van der Waals surface area contributed by atoms with E-state index in [4.69, 9.17) is 11.6 Å². The summed E-state index contributed by atoms with van der Waals surface area (Å²) < 4.78 is 121. The minimum absolute atomic E-state index is 0.0521. The molecule has 1 aliphatic rings. The van der Waals surface area contributed by atoms with Crippen LogP contribution in [0.25, 0.3) is 0 Å². The van der Waals surface area contributed by atoms with Gasteiger partial charge in [0.1, 0.15) is 11.2 Å². The number of ether oxygens (including phenoxy) is 1. The van der Waals surface area contributed by atoms with Crippen molar-refractivity contribution in [3.8, 4) is 0 Å². The smallest absolute Gasteiger partial charge is 0.351 e. The Morgan fingerprint density at radius 3 is 2.05 bits per heavy atom. The predicted octanol–water partition coefficient (Wildman–Crippen LogP) is 6.10. The highest BCUT2D eigenvalue weighted by Crippen LogP contribution is 3.02. The molecule has 0 saturated heterocycles. The fourth-order valence-corrected chi connectivity index (χ4v) is 4.51. The second-order valence-corrected chi connectivity index (χ2v) is 11.3. The third-order valence-electron chi connectivity index (χ3n) is 5.69. The van der Waals surface area contributed by atoms with Crippen LogP contribution < -0.4 is 10.2 Å². The summed E-state index contributed by atoms with van der Waals surface area (Å²) in [6.45, 7) is 1.01. The number of anilines is 1. The summed E-state index contributed by atoms with van der Waals surface area (Å²) in [5.41, 5.74) is -6.08. The first-order valence-electron chi connectivity index (χ1n) is 10.4. The Labute approximate surface area is 214 Å². The number of aromatic nitrogens is 2. The summed E-state index contributed by atoms with van der Waals surface area (Å²) in [6.07, 6.45) is -3.75. The number of hydrogen-bond acceptors (Lipinski definition) is 5. The van der Waals surface area contributed by atoms with Crippen molar-refractivity contribution < 1.29 is 51.3 Å². The zero-order valence-electron chi connectivity index (χ0n) is 18.9. The van der Waals surface area contributed by atoms with Crippen LogP contribution in [-0.2, 0) is 19.9 Å². The van der Waals surface area contributed by atoms with E-state index in [0.29, 0.717) is 17.0 Å². The molecule has 1 fully saturated rings. The van der Waals surface area contributed by atoms with Crippen LogP contribution in [0.15, 0.2) is 47.9 Å². The third kappa shape index (κ3) is 6.61. The molecule has 2 atom stereocenters. The van der Waals surface area contributed by atoms with Gasteiger partial charge in [-0.15, -0.1) is 13.2 Å². The number of hydrogen-bond donors (Lipinski definition) is 1. The fraction of sp³-hybridized carbons (Fsp3) is 0.400. The van der Waals surface area contributed by atoms with Gasteiger partial charge >= 0.3 is 16.6 Å². The van der Waals surface area contributed by atoms with Gasteiger partial charge in [-0.2, -0.15) is 0 Å². The van der Waals surface area contributed by atoms with Crippen LogP contribution in [0.5, 0.6) is 0 Å². The lowest BCUT2D eigenvalue weighted by molar-refractivity contribution is -0.351. The summed E-state index contributed by atoms with van der Waals surface area (Å²) in [5.74, 6) is -2.80. The van der Waals surface area contributed by atoms with Gasteiger partial charge in [0, 0.05) is 29.7 Å². The van der Waals surface area contributed by atoms with Crippen molar-refractivity contribution in [1.29, 1.82) is 0 Å². The highest BCUT2D eigenvalue weighted by atomic mass is 35.5. The molecular weight excluding hydrogens is 583 g/mol. The zero-order chi connectivity index (χ0) is 28.8. The van der Waals surface area contributed by atoms with Crippen molar-refractivity contribution in [2.24, 2.45) is 0 Å². The summed E-state index contributed by atoms with van der Waals surface area (Å²) in [4.78, 5) is 31.7. The first-order chi connectivity index (χ1) is 17.1. The van der Waals surface area contributed by atoms with Crippen molar-refractivity contribution in [2.45, 2.75) is 54.3 Å². The molecule has 1 saturated carbocycles. The maximum absolute atomic E-state index is 14.1.